The van der Waals surface area contributed by atoms with Gasteiger partial charge in [-0.25, -0.2) is 0 Å². The highest BCUT2D eigenvalue weighted by Crippen LogP contribution is 2.98. The van der Waals surface area contributed by atoms with E-state index >= 15 is 0 Å². The molecule has 5 saturated carbocycles. The first-order valence-corrected chi connectivity index (χ1v) is 7.13. The van der Waals surface area contributed by atoms with E-state index in [-0.39, 0.29) is 11.9 Å². The molecule has 5 aliphatic carbocycles. The maximum atomic E-state index is 11.9. The maximum Gasteiger partial charge on any atom is 0.309 e. The van der Waals surface area contributed by atoms with Crippen molar-refractivity contribution in [2.75, 3.05) is 6.61 Å². The van der Waals surface area contributed by atoms with Gasteiger partial charge in [0, 0.05) is 12.0 Å². The van der Waals surface area contributed by atoms with Crippen LogP contribution >= 0.6 is 0 Å². The number of fused-ring (bicyclic) bond motifs is 8. The van der Waals surface area contributed by atoms with Crippen molar-refractivity contribution in [3.05, 3.63) is 0 Å². The quantitative estimate of drug-likeness (QED) is 0.627. The second kappa shape index (κ2) is 1.97. The predicted molar refractivity (Wildman–Crippen MR) is 58.6 cm³/mol. The Labute approximate surface area is 100 Å². The van der Waals surface area contributed by atoms with Gasteiger partial charge in [-0.05, 0) is 53.8 Å². The number of nitrogens with two attached hydrogens (primary N) is 1. The van der Waals surface area contributed by atoms with Crippen LogP contribution in [0.3, 0.4) is 0 Å². The van der Waals surface area contributed by atoms with Gasteiger partial charge in [-0.3, -0.25) is 4.79 Å². The SMILES string of the molecule is NC1CC23CC12C1C2CC(C4C(=O)OCC24)C13. The fraction of sp³-hybridized carbons (Fsp3) is 0.929. The van der Waals surface area contributed by atoms with E-state index in [1.807, 2.05) is 0 Å². The number of esters is 1. The van der Waals surface area contributed by atoms with Crippen LogP contribution in [0.2, 0.25) is 0 Å². The number of carbonyl (C=O) groups is 1. The minimum atomic E-state index is 0.124. The zero-order valence-corrected chi connectivity index (χ0v) is 9.76. The van der Waals surface area contributed by atoms with Crippen molar-refractivity contribution in [1.29, 1.82) is 0 Å². The Morgan fingerprint density at radius 1 is 1.24 bits per heavy atom. The van der Waals surface area contributed by atoms with Gasteiger partial charge in [0.2, 0.25) is 0 Å². The number of cyclic esters (lactones) is 1. The summed E-state index contributed by atoms with van der Waals surface area (Å²) in [6.07, 6.45) is 3.97. The standard InChI is InChI=1S/C14H17NO2/c15-8-2-13-4-14(8,13)11-5-1-6(10(11)13)9-7(5)3-17-12(9)16/h5-11H,1-4,15H2. The highest BCUT2D eigenvalue weighted by molar-refractivity contribution is 5.76. The normalized spacial score (nSPS) is 76.1. The Morgan fingerprint density at radius 2 is 2.12 bits per heavy atom. The third-order valence-corrected chi connectivity index (χ3v) is 7.91. The van der Waals surface area contributed by atoms with E-state index in [1.165, 1.54) is 19.3 Å². The average Bonchev–Trinajstić information content (AvgIpc) is 2.81. The highest BCUT2D eigenvalue weighted by atomic mass is 16.5. The van der Waals surface area contributed by atoms with Crippen LogP contribution in [0, 0.1) is 46.3 Å². The molecule has 9 unspecified atom stereocenters. The van der Waals surface area contributed by atoms with Crippen LogP contribution in [0.4, 0.5) is 0 Å². The lowest BCUT2D eigenvalue weighted by atomic mass is 9.40. The molecule has 1 saturated heterocycles. The Morgan fingerprint density at radius 3 is 2.94 bits per heavy atom. The molecule has 3 nitrogen and oxygen atoms in total. The van der Waals surface area contributed by atoms with Crippen molar-refractivity contribution in [2.45, 2.75) is 25.3 Å². The molecule has 17 heavy (non-hydrogen) atoms. The smallest absolute Gasteiger partial charge is 0.309 e. The molecule has 1 aliphatic heterocycles. The van der Waals surface area contributed by atoms with Gasteiger partial charge in [-0.1, -0.05) is 0 Å². The minimum absolute atomic E-state index is 0.124. The molecule has 1 heterocycles. The van der Waals surface area contributed by atoms with Gasteiger partial charge in [0.25, 0.3) is 0 Å². The molecule has 2 bridgehead atoms. The lowest BCUT2D eigenvalue weighted by molar-refractivity contribution is -0.168. The van der Waals surface area contributed by atoms with Crippen LogP contribution in [0.1, 0.15) is 19.3 Å². The molecule has 0 radical (unpaired) electrons. The number of rotatable bonds is 0. The van der Waals surface area contributed by atoms with E-state index in [0.29, 0.717) is 35.3 Å². The van der Waals surface area contributed by atoms with E-state index in [9.17, 15) is 4.79 Å². The lowest BCUT2D eigenvalue weighted by Crippen LogP contribution is -2.67. The Hall–Kier alpha value is -0.570. The molecule has 6 rings (SSSR count). The Bertz CT molecular complexity index is 491. The minimum Gasteiger partial charge on any atom is -0.465 e. The van der Waals surface area contributed by atoms with Gasteiger partial charge < -0.3 is 10.5 Å². The molecule has 2 N–H and O–H groups in total. The average molecular weight is 231 g/mol. The molecule has 90 valence electrons. The molecule has 0 aromatic carbocycles. The molecule has 6 aliphatic rings. The van der Waals surface area contributed by atoms with Crippen LogP contribution < -0.4 is 5.73 Å². The second-order valence-electron chi connectivity index (χ2n) is 7.62. The van der Waals surface area contributed by atoms with Gasteiger partial charge in [-0.15, -0.1) is 0 Å². The van der Waals surface area contributed by atoms with E-state index in [2.05, 4.69) is 0 Å². The summed E-state index contributed by atoms with van der Waals surface area (Å²) >= 11 is 0. The van der Waals surface area contributed by atoms with Crippen LogP contribution in [-0.2, 0) is 9.53 Å². The monoisotopic (exact) mass is 231 g/mol. The van der Waals surface area contributed by atoms with E-state index in [4.69, 9.17) is 10.5 Å². The summed E-state index contributed by atoms with van der Waals surface area (Å²) in [6.45, 7) is 0.714. The summed E-state index contributed by atoms with van der Waals surface area (Å²) < 4.78 is 5.32. The topological polar surface area (TPSA) is 52.3 Å². The van der Waals surface area contributed by atoms with Crippen LogP contribution in [0.15, 0.2) is 0 Å². The fourth-order valence-electron chi connectivity index (χ4n) is 7.69. The largest absolute Gasteiger partial charge is 0.465 e. The molecule has 3 heteroatoms. The fourth-order valence-corrected chi connectivity index (χ4v) is 7.69. The summed E-state index contributed by atoms with van der Waals surface area (Å²) in [5, 5.41) is 0. The molecule has 6 fully saturated rings. The van der Waals surface area contributed by atoms with Gasteiger partial charge in [0.1, 0.15) is 0 Å². The number of hydrogen-bond acceptors (Lipinski definition) is 3. The van der Waals surface area contributed by atoms with E-state index in [1.54, 1.807) is 0 Å². The van der Waals surface area contributed by atoms with Gasteiger partial charge >= 0.3 is 5.97 Å². The molecule has 9 atom stereocenters. The van der Waals surface area contributed by atoms with Crippen LogP contribution in [0.25, 0.3) is 0 Å². The molecular weight excluding hydrogens is 214 g/mol. The van der Waals surface area contributed by atoms with Gasteiger partial charge in [-0.2, -0.15) is 0 Å². The number of ether oxygens (including phenoxy) is 1. The first-order chi connectivity index (χ1) is 8.21. The van der Waals surface area contributed by atoms with Crippen molar-refractivity contribution < 1.29 is 9.53 Å². The molecule has 0 aromatic heterocycles. The second-order valence-corrected chi connectivity index (χ2v) is 7.62. The maximum absolute atomic E-state index is 11.9. The third-order valence-electron chi connectivity index (χ3n) is 7.91. The predicted octanol–water partition coefficient (Wildman–Crippen LogP) is 0.779. The zero-order chi connectivity index (χ0) is 11.2. The molecule has 0 amide bonds. The summed E-state index contributed by atoms with van der Waals surface area (Å²) in [7, 11) is 0. The van der Waals surface area contributed by atoms with Crippen molar-refractivity contribution in [3.8, 4) is 0 Å². The van der Waals surface area contributed by atoms with E-state index < -0.39 is 0 Å². The van der Waals surface area contributed by atoms with Crippen LogP contribution in [-0.4, -0.2) is 18.6 Å². The number of hydrogen-bond donors (Lipinski definition) is 1. The lowest BCUT2D eigenvalue weighted by Gasteiger charge is -2.64. The summed E-state index contributed by atoms with van der Waals surface area (Å²) in [5.74, 6) is 4.17. The van der Waals surface area contributed by atoms with Gasteiger partial charge in [0.05, 0.1) is 12.5 Å². The number of carbonyl (C=O) groups excluding carboxylic acids is 1. The molecule has 0 aromatic rings. The van der Waals surface area contributed by atoms with E-state index in [0.717, 1.165) is 17.8 Å². The summed E-state index contributed by atoms with van der Waals surface area (Å²) in [5.41, 5.74) is 7.48. The van der Waals surface area contributed by atoms with Gasteiger partial charge in [0.15, 0.2) is 0 Å². The first kappa shape index (κ1) is 8.52. The molecular formula is C14H17NO2. The van der Waals surface area contributed by atoms with Crippen molar-refractivity contribution >= 4 is 5.97 Å². The third kappa shape index (κ3) is 0.530. The van der Waals surface area contributed by atoms with Crippen molar-refractivity contribution in [1.82, 2.24) is 0 Å². The first-order valence-electron chi connectivity index (χ1n) is 7.13. The van der Waals surface area contributed by atoms with Crippen molar-refractivity contribution in [2.24, 2.45) is 52.1 Å². The highest BCUT2D eigenvalue weighted by Gasteiger charge is 2.96. The molecule has 0 spiro atoms. The van der Waals surface area contributed by atoms with Crippen LogP contribution in [0.5, 0.6) is 0 Å². The summed E-state index contributed by atoms with van der Waals surface area (Å²) in [4.78, 5) is 11.9. The Balaban J connectivity index is 1.49. The van der Waals surface area contributed by atoms with Crippen molar-refractivity contribution in [3.63, 3.8) is 0 Å². The summed E-state index contributed by atoms with van der Waals surface area (Å²) in [6, 6.07) is 0.486. The Kier molecular flexibility index (Phi) is 0.985. The zero-order valence-electron chi connectivity index (χ0n) is 9.76.